The van der Waals surface area contributed by atoms with Gasteiger partial charge in [-0.15, -0.1) is 0 Å². The topological polar surface area (TPSA) is 394 Å². The van der Waals surface area contributed by atoms with Gasteiger partial charge in [-0.1, -0.05) is 30.8 Å². The number of carboxylic acids is 1. The number of nitrogen functional groups attached to an aromatic ring is 1. The first-order valence-corrected chi connectivity index (χ1v) is 34.6. The summed E-state index contributed by atoms with van der Waals surface area (Å²) in [5.41, 5.74) is 7.15. The molecule has 0 bridgehead atoms. The van der Waals surface area contributed by atoms with Gasteiger partial charge in [0.15, 0.2) is 42.4 Å². The first-order chi connectivity index (χ1) is 49.6. The number of esters is 2. The maximum atomic E-state index is 13.4. The normalized spacial score (nSPS) is 20.6. The van der Waals surface area contributed by atoms with Crippen LogP contribution in [0.1, 0.15) is 119 Å². The number of amides is 6. The second kappa shape index (κ2) is 37.6. The molecule has 6 aliphatic heterocycles. The number of carbonyl (C=O) groups excluding carboxylic acids is 8. The van der Waals surface area contributed by atoms with Gasteiger partial charge in [0.2, 0.25) is 0 Å². The number of aliphatic hydroxyl groups excluding tert-OH is 3. The summed E-state index contributed by atoms with van der Waals surface area (Å²) in [6, 6.07) is 26.5. The molecule has 6 saturated heterocycles. The van der Waals surface area contributed by atoms with E-state index in [0.29, 0.717) is 35.0 Å². The van der Waals surface area contributed by atoms with Crippen molar-refractivity contribution in [2.24, 2.45) is 0 Å². The van der Waals surface area contributed by atoms with Crippen molar-refractivity contribution in [2.75, 3.05) is 94.3 Å². The van der Waals surface area contributed by atoms with Gasteiger partial charge in [-0.05, 0) is 143 Å². The fourth-order valence-electron chi connectivity index (χ4n) is 10.9. The van der Waals surface area contributed by atoms with Gasteiger partial charge in [-0.3, -0.25) is 38.3 Å². The molecule has 5 aromatic rings. The number of aromatic amines is 1. The summed E-state index contributed by atoms with van der Waals surface area (Å²) in [5.74, 6) is -14.5. The quantitative estimate of drug-likeness (QED) is 0.0310. The van der Waals surface area contributed by atoms with Gasteiger partial charge >= 0.3 is 23.7 Å². The lowest BCUT2D eigenvalue weighted by Crippen LogP contribution is -2.55. The van der Waals surface area contributed by atoms with E-state index in [1.54, 1.807) is 114 Å². The van der Waals surface area contributed by atoms with E-state index in [1.807, 2.05) is 6.07 Å². The Hall–Kier alpha value is -9.08. The van der Waals surface area contributed by atoms with Crippen molar-refractivity contribution in [3.63, 3.8) is 0 Å². The molecule has 0 radical (unpaired) electrons. The van der Waals surface area contributed by atoms with Crippen LogP contribution in [0.2, 0.25) is 0 Å². The van der Waals surface area contributed by atoms with Gasteiger partial charge in [0, 0.05) is 140 Å². The van der Waals surface area contributed by atoms with Crippen molar-refractivity contribution in [3.8, 4) is 11.4 Å². The summed E-state index contributed by atoms with van der Waals surface area (Å²) in [6.07, 6.45) is -11.6. The lowest BCUT2D eigenvalue weighted by Gasteiger charge is -2.35. The highest BCUT2D eigenvalue weighted by Crippen LogP contribution is 2.33. The van der Waals surface area contributed by atoms with Crippen molar-refractivity contribution in [1.82, 2.24) is 30.2 Å². The van der Waals surface area contributed by atoms with Crippen molar-refractivity contribution >= 4 is 93.0 Å². The molecule has 0 aliphatic carbocycles. The minimum absolute atomic E-state index is 0. The number of piperidine rings is 3. The van der Waals surface area contributed by atoms with Crippen molar-refractivity contribution in [2.45, 2.75) is 153 Å². The first kappa shape index (κ1) is 86.8. The molecule has 4 aromatic carbocycles. The third-order valence-electron chi connectivity index (χ3n) is 16.5. The average molecular weight is 1630 g/mol. The van der Waals surface area contributed by atoms with E-state index < -0.39 is 132 Å². The van der Waals surface area contributed by atoms with Gasteiger partial charge in [0.1, 0.15) is 11.2 Å². The number of aliphatic hydroxyl groups is 3. The Balaban J connectivity index is 0.000000217. The molecule has 36 heteroatoms. The molecule has 29 nitrogen and oxygen atoms in total. The lowest BCUT2D eigenvalue weighted by molar-refractivity contribution is -0.178. The number of nitrogens with two attached hydrogens (primary N) is 1. The Bertz CT molecular complexity index is 3960. The second-order valence-corrected chi connectivity index (χ2v) is 28.3. The van der Waals surface area contributed by atoms with E-state index in [1.165, 1.54) is 42.7 Å². The van der Waals surface area contributed by atoms with Crippen LogP contribution in [-0.2, 0) is 52.5 Å². The molecule has 6 atom stereocenters. The van der Waals surface area contributed by atoms with Crippen LogP contribution in [-0.4, -0.2) is 243 Å². The molecule has 0 spiro atoms. The minimum atomic E-state index is -2.77. The third kappa shape index (κ3) is 25.5. The number of hydrogen-bond donors (Lipinski definition) is 7. The number of alkyl halides is 6. The molecule has 7 heterocycles. The number of aromatic nitrogens is 2. The summed E-state index contributed by atoms with van der Waals surface area (Å²) in [7, 11) is 0. The van der Waals surface area contributed by atoms with Crippen LogP contribution in [0.5, 0.6) is 0 Å². The Labute approximate surface area is 625 Å². The highest BCUT2D eigenvalue weighted by molar-refractivity contribution is 14.1. The van der Waals surface area contributed by atoms with Gasteiger partial charge in [0.05, 0.1) is 19.8 Å². The van der Waals surface area contributed by atoms with Gasteiger partial charge < -0.3 is 79.7 Å². The number of carboxylic acid groups (broad SMARTS) is 1. The minimum Gasteiger partial charge on any atom is -0.479 e. The van der Waals surface area contributed by atoms with E-state index >= 15 is 0 Å². The molecule has 107 heavy (non-hydrogen) atoms. The fourth-order valence-corrected chi connectivity index (χ4v) is 11.5. The maximum Gasteiger partial charge on any atom is 0.439 e. The average Bonchev–Trinajstić information content (AvgIpc) is 1.52. The number of ether oxygens (including phenoxy) is 5. The lowest BCUT2D eigenvalue weighted by atomic mass is 10.0. The molecule has 586 valence electrons. The summed E-state index contributed by atoms with van der Waals surface area (Å²) in [4.78, 5) is 129. The second-order valence-electron chi connectivity index (χ2n) is 27.0. The highest BCUT2D eigenvalue weighted by atomic mass is 127. The zero-order valence-corrected chi connectivity index (χ0v) is 60.8. The number of carbonyl (C=O) groups is 9. The highest BCUT2D eigenvalue weighted by Gasteiger charge is 2.44. The number of nitrogens with one attached hydrogen (secondary N) is 2. The number of H-pyrrole nitrogens is 1. The van der Waals surface area contributed by atoms with Crippen LogP contribution >= 0.6 is 22.6 Å². The number of aliphatic carboxylic acids is 1. The van der Waals surface area contributed by atoms with Crippen molar-refractivity contribution in [1.29, 1.82) is 0 Å². The standard InChI is InChI=1S/C22H28F2N2O6.C18H20F2N2O6.C12H12F2INO.C10H17NO5.C8H7N3O2.CH4/c1-21(2,3)32-20(30)16(27)17-19(29)26(11-12-31-17)15-6-4-5-14(13-15)18(28)25-9-7-22(23,24)8-10-25;19-18(20)4-6-21(7-5-18)15(24)11-2-1-3-12(10-11)22-8-9-28-14(16(22)25)13(23)17(26)27;13-12(14)4-6-16(7-5-12)11(17)9-2-1-3-10(15)8-9;1-10(2,3)16-9(14)6(12)7-8(13)11-4-5-15-7;9-6-3-1-5(2-4-6)7-10-8(12)13-11-7;/h4-6,13,16-17,27H,7-12H2,1-3H3;1-3,10,13-14,23H,4-9H2,(H,26,27);1-3,8H,4-7H2;6-7,12H,4-5H2,1-3H3,(H,11,13);1-4H,9H2,(H,10,11,12);1H4/t16-,17-;13-,14-;;6-,7-;;/m11.1../s1. The van der Waals surface area contributed by atoms with Gasteiger partial charge in [0.25, 0.3) is 53.2 Å². The number of hydrogen-bond acceptors (Lipinski definition) is 21. The summed E-state index contributed by atoms with van der Waals surface area (Å²) < 4.78 is 110. The molecule has 6 aliphatic rings. The SMILES string of the molecule is C.CC(C)(C)OC(=O)[C@H](O)[C@H]1OCCN(c2cccc(C(=O)N3CCC(F)(F)CC3)c2)C1=O.CC(C)(C)OC(=O)[C@H](O)[C@H]1OCCNC1=O.Nc1ccc(-c2noc(=O)[nH]2)cc1.O=C(O)[C@H](O)[C@H]1OCCN(c2cccc(C(=O)N3CCC(F)(F)CC3)c2)C1=O.O=C(c1cccc(I)c1)N1CCC(F)(F)CC1. The third-order valence-corrected chi connectivity index (χ3v) is 17.1. The molecule has 8 N–H and O–H groups in total. The summed E-state index contributed by atoms with van der Waals surface area (Å²) >= 11 is 2.12. The Morgan fingerprint density at radius 1 is 0.551 bits per heavy atom. The number of anilines is 3. The van der Waals surface area contributed by atoms with Crippen molar-refractivity contribution in [3.05, 3.63) is 128 Å². The molecule has 0 unspecified atom stereocenters. The Kier molecular flexibility index (Phi) is 30.5. The molecule has 1 aromatic heterocycles. The van der Waals surface area contributed by atoms with Crippen LogP contribution in [0.4, 0.5) is 43.4 Å². The zero-order chi connectivity index (χ0) is 78.2. The maximum absolute atomic E-state index is 13.4. The molecule has 6 fully saturated rings. The predicted octanol–water partition coefficient (Wildman–Crippen LogP) is 6.34. The van der Waals surface area contributed by atoms with E-state index in [-0.39, 0.29) is 122 Å². The Morgan fingerprint density at radius 3 is 1.29 bits per heavy atom. The van der Waals surface area contributed by atoms with Crippen LogP contribution in [0.15, 0.2) is 106 Å². The molecular weight excluding hydrogens is 1540 g/mol. The number of halogens is 7. The molecule has 0 saturated carbocycles. The Morgan fingerprint density at radius 2 is 0.925 bits per heavy atom. The largest absolute Gasteiger partial charge is 0.479 e. The monoisotopic (exact) mass is 1630 g/mol. The fraction of sp³-hybridized carbons (Fsp3) is 0.507. The number of likely N-dealkylation sites (tertiary alicyclic amines) is 3. The summed E-state index contributed by atoms with van der Waals surface area (Å²) in [5, 5.41) is 44.5. The number of rotatable bonds is 12. The van der Waals surface area contributed by atoms with Gasteiger partial charge in [-0.25, -0.2) is 45.5 Å². The summed E-state index contributed by atoms with van der Waals surface area (Å²) in [6.45, 7) is 11.0. The van der Waals surface area contributed by atoms with Crippen LogP contribution < -0.4 is 26.6 Å². The van der Waals surface area contributed by atoms with E-state index in [0.717, 1.165) is 9.13 Å². The van der Waals surface area contributed by atoms with E-state index in [2.05, 4.69) is 42.6 Å². The van der Waals surface area contributed by atoms with E-state index in [9.17, 15) is 89.6 Å². The van der Waals surface area contributed by atoms with Crippen LogP contribution in [0, 0.1) is 3.57 Å². The van der Waals surface area contributed by atoms with Crippen LogP contribution in [0.25, 0.3) is 11.4 Å². The van der Waals surface area contributed by atoms with Crippen LogP contribution in [0.3, 0.4) is 0 Å². The van der Waals surface area contributed by atoms with Crippen molar-refractivity contribution < 1.29 is 118 Å². The smallest absolute Gasteiger partial charge is 0.439 e. The number of nitrogens with zero attached hydrogens (tertiary/aromatic N) is 6. The van der Waals surface area contributed by atoms with E-state index in [4.69, 9.17) is 34.5 Å². The molecular formula is C71H88F6IN9O20. The van der Waals surface area contributed by atoms with Gasteiger partial charge in [-0.2, -0.15) is 0 Å². The molecule has 6 amide bonds. The number of morpholine rings is 3. The predicted molar refractivity (Wildman–Crippen MR) is 380 cm³/mol. The molecule has 11 rings (SSSR count). The first-order valence-electron chi connectivity index (χ1n) is 33.5. The number of benzene rings is 4. The zero-order valence-electron chi connectivity index (χ0n) is 58.7.